The van der Waals surface area contributed by atoms with Crippen molar-refractivity contribution < 1.29 is 9.59 Å². The van der Waals surface area contributed by atoms with Crippen molar-refractivity contribution in [1.29, 1.82) is 0 Å². The molecule has 0 saturated heterocycles. The normalized spacial score (nSPS) is 13.8. The van der Waals surface area contributed by atoms with Gasteiger partial charge in [-0.25, -0.2) is 14.8 Å². The summed E-state index contributed by atoms with van der Waals surface area (Å²) in [7, 11) is 1.53. The first-order valence-electron chi connectivity index (χ1n) is 11.1. The number of nitrogens with one attached hydrogen (secondary N) is 3. The van der Waals surface area contributed by atoms with Crippen molar-refractivity contribution >= 4 is 51.2 Å². The molecular formula is C25H24N6O2S2. The minimum absolute atomic E-state index is 0.0195. The monoisotopic (exact) mass is 504 g/mol. The van der Waals surface area contributed by atoms with Crippen LogP contribution in [0.15, 0.2) is 53.9 Å². The van der Waals surface area contributed by atoms with Crippen molar-refractivity contribution in [1.82, 2.24) is 15.3 Å². The van der Waals surface area contributed by atoms with E-state index in [0.29, 0.717) is 20.8 Å². The zero-order valence-corrected chi connectivity index (χ0v) is 20.8. The van der Waals surface area contributed by atoms with Gasteiger partial charge in [0.15, 0.2) is 5.13 Å². The fourth-order valence-electron chi connectivity index (χ4n) is 3.86. The summed E-state index contributed by atoms with van der Waals surface area (Å²) in [4.78, 5) is 34.4. The average Bonchev–Trinajstić information content (AvgIpc) is 3.38. The highest BCUT2D eigenvalue weighted by Crippen LogP contribution is 2.49. The molecule has 5 N–H and O–H groups in total. The van der Waals surface area contributed by atoms with Gasteiger partial charge in [-0.05, 0) is 37.5 Å². The Morgan fingerprint density at radius 1 is 1.06 bits per heavy atom. The van der Waals surface area contributed by atoms with Crippen LogP contribution in [0.2, 0.25) is 0 Å². The zero-order valence-electron chi connectivity index (χ0n) is 19.2. The Balaban J connectivity index is 1.34. The van der Waals surface area contributed by atoms with Crippen molar-refractivity contribution in [2.24, 2.45) is 0 Å². The summed E-state index contributed by atoms with van der Waals surface area (Å²) in [6.07, 6.45) is 1.70. The van der Waals surface area contributed by atoms with Gasteiger partial charge < -0.3 is 16.4 Å². The molecule has 35 heavy (non-hydrogen) atoms. The molecule has 0 spiro atoms. The maximum Gasteiger partial charge on any atom is 0.320 e. The van der Waals surface area contributed by atoms with Crippen molar-refractivity contribution in [3.63, 3.8) is 0 Å². The second kappa shape index (κ2) is 9.12. The number of nitrogen functional groups attached to an aromatic ring is 1. The molecule has 0 unspecified atom stereocenters. The summed E-state index contributed by atoms with van der Waals surface area (Å²) in [5, 5.41) is 11.3. The van der Waals surface area contributed by atoms with E-state index >= 15 is 0 Å². The number of aryl methyl sites for hydroxylation is 1. The van der Waals surface area contributed by atoms with E-state index in [4.69, 9.17) is 10.7 Å². The van der Waals surface area contributed by atoms with Crippen LogP contribution in [-0.4, -0.2) is 29.0 Å². The number of benzene rings is 2. The summed E-state index contributed by atoms with van der Waals surface area (Å²) >= 11 is 2.71. The number of hydrogen-bond donors (Lipinski definition) is 4. The van der Waals surface area contributed by atoms with E-state index in [2.05, 4.69) is 45.2 Å². The quantitative estimate of drug-likeness (QED) is 0.286. The van der Waals surface area contributed by atoms with Gasteiger partial charge >= 0.3 is 6.03 Å². The van der Waals surface area contributed by atoms with Crippen LogP contribution in [0.25, 0.3) is 21.1 Å². The minimum Gasteiger partial charge on any atom is -0.382 e. The Hall–Kier alpha value is -3.76. The van der Waals surface area contributed by atoms with Crippen molar-refractivity contribution in [2.45, 2.75) is 25.2 Å². The molecule has 0 atom stereocenters. The van der Waals surface area contributed by atoms with Crippen LogP contribution in [0.4, 0.5) is 21.4 Å². The molecule has 2 aromatic heterocycles. The van der Waals surface area contributed by atoms with E-state index in [1.807, 2.05) is 36.6 Å². The topological polar surface area (TPSA) is 122 Å². The lowest BCUT2D eigenvalue weighted by atomic mass is 9.94. The van der Waals surface area contributed by atoms with Crippen LogP contribution < -0.4 is 21.7 Å². The predicted molar refractivity (Wildman–Crippen MR) is 142 cm³/mol. The van der Waals surface area contributed by atoms with Crippen LogP contribution in [0, 0.1) is 6.92 Å². The van der Waals surface area contributed by atoms with Crippen LogP contribution in [0.1, 0.15) is 24.0 Å². The molecule has 10 heteroatoms. The van der Waals surface area contributed by atoms with E-state index in [1.54, 1.807) is 0 Å². The standard InChI is InChI=1S/C25H24N6O2S2/c1-14-6-8-16(9-7-14)25(10-11-25)22(32)28-17-5-3-4-15(12-17)18-13-34-21(29-18)19-20(26)30-24(35-19)31-23(33)27-2/h3-9,12-13H,10-11,26H2,1-2H3,(H,28,32)(H2,27,30,31,33). The number of nitrogens with zero attached hydrogens (tertiary/aromatic N) is 2. The molecule has 2 aromatic carbocycles. The Morgan fingerprint density at radius 3 is 2.54 bits per heavy atom. The molecule has 4 aromatic rings. The molecule has 0 bridgehead atoms. The van der Waals surface area contributed by atoms with E-state index in [9.17, 15) is 9.59 Å². The molecule has 1 aliphatic carbocycles. The number of carbonyl (C=O) groups excluding carboxylic acids is 2. The van der Waals surface area contributed by atoms with Gasteiger partial charge in [0, 0.05) is 23.7 Å². The smallest absolute Gasteiger partial charge is 0.320 e. The van der Waals surface area contributed by atoms with Gasteiger partial charge in [-0.2, -0.15) is 0 Å². The van der Waals surface area contributed by atoms with Gasteiger partial charge in [0.2, 0.25) is 5.91 Å². The fraction of sp³-hybridized carbons (Fsp3) is 0.200. The molecule has 3 amide bonds. The van der Waals surface area contributed by atoms with E-state index in [-0.39, 0.29) is 11.9 Å². The minimum atomic E-state index is -0.443. The Morgan fingerprint density at radius 2 is 1.83 bits per heavy atom. The molecule has 1 saturated carbocycles. The third kappa shape index (κ3) is 4.62. The van der Waals surface area contributed by atoms with Crippen LogP contribution >= 0.6 is 22.7 Å². The number of amides is 3. The lowest BCUT2D eigenvalue weighted by Gasteiger charge is -2.16. The Labute approximate surface area is 210 Å². The van der Waals surface area contributed by atoms with Gasteiger partial charge in [0.05, 0.1) is 11.1 Å². The van der Waals surface area contributed by atoms with Gasteiger partial charge in [-0.1, -0.05) is 53.3 Å². The third-order valence-electron chi connectivity index (χ3n) is 6.00. The van der Waals surface area contributed by atoms with Crippen LogP contribution in [0.3, 0.4) is 0 Å². The number of thiazole rings is 2. The SMILES string of the molecule is CNC(=O)Nc1nc(N)c(-c2nc(-c3cccc(NC(=O)C4(c5ccc(C)cc5)CC4)c3)cs2)s1. The number of nitrogens with two attached hydrogens (primary N) is 1. The summed E-state index contributed by atoms with van der Waals surface area (Å²) in [6.45, 7) is 2.04. The third-order valence-corrected chi connectivity index (χ3v) is 7.99. The van der Waals surface area contributed by atoms with Gasteiger partial charge in [0.1, 0.15) is 15.7 Å². The Kier molecular flexibility index (Phi) is 6.00. The highest BCUT2D eigenvalue weighted by molar-refractivity contribution is 7.23. The maximum atomic E-state index is 13.2. The number of carbonyl (C=O) groups is 2. The van der Waals surface area contributed by atoms with Crippen molar-refractivity contribution in [3.05, 3.63) is 65.0 Å². The molecule has 1 fully saturated rings. The molecule has 0 aliphatic heterocycles. The molecule has 8 nitrogen and oxygen atoms in total. The first kappa shape index (κ1) is 23.0. The second-order valence-corrected chi connectivity index (χ2v) is 10.3. The van der Waals surface area contributed by atoms with Crippen LogP contribution in [0.5, 0.6) is 0 Å². The largest absolute Gasteiger partial charge is 0.382 e. The zero-order chi connectivity index (χ0) is 24.6. The number of aromatic nitrogens is 2. The predicted octanol–water partition coefficient (Wildman–Crippen LogP) is 5.25. The number of hydrogen-bond acceptors (Lipinski definition) is 7. The molecule has 178 valence electrons. The number of rotatable bonds is 6. The molecular weight excluding hydrogens is 480 g/mol. The summed E-state index contributed by atoms with van der Waals surface area (Å²) in [5.41, 5.74) is 10.3. The lowest BCUT2D eigenvalue weighted by molar-refractivity contribution is -0.118. The first-order chi connectivity index (χ1) is 16.9. The fourth-order valence-corrected chi connectivity index (χ4v) is 5.67. The number of anilines is 3. The highest BCUT2D eigenvalue weighted by atomic mass is 32.1. The highest BCUT2D eigenvalue weighted by Gasteiger charge is 2.51. The average molecular weight is 505 g/mol. The van der Waals surface area contributed by atoms with Gasteiger partial charge in [-0.3, -0.25) is 10.1 Å². The number of urea groups is 1. The summed E-state index contributed by atoms with van der Waals surface area (Å²) in [5.74, 6) is 0.334. The molecule has 2 heterocycles. The van der Waals surface area contributed by atoms with Gasteiger partial charge in [0.25, 0.3) is 0 Å². The molecule has 0 radical (unpaired) electrons. The maximum absolute atomic E-state index is 13.2. The molecule has 1 aliphatic rings. The van der Waals surface area contributed by atoms with Crippen molar-refractivity contribution in [3.8, 4) is 21.1 Å². The van der Waals surface area contributed by atoms with E-state index < -0.39 is 5.41 Å². The van der Waals surface area contributed by atoms with Gasteiger partial charge in [-0.15, -0.1) is 11.3 Å². The first-order valence-corrected chi connectivity index (χ1v) is 12.8. The Bertz CT molecular complexity index is 1410. The van der Waals surface area contributed by atoms with E-state index in [1.165, 1.54) is 35.3 Å². The lowest BCUT2D eigenvalue weighted by Crippen LogP contribution is -2.27. The second-order valence-electron chi connectivity index (χ2n) is 8.46. The van der Waals surface area contributed by atoms with Crippen LogP contribution in [-0.2, 0) is 10.2 Å². The van der Waals surface area contributed by atoms with Crippen molar-refractivity contribution in [2.75, 3.05) is 23.4 Å². The summed E-state index contributed by atoms with van der Waals surface area (Å²) < 4.78 is 0. The molecule has 5 rings (SSSR count). The van der Waals surface area contributed by atoms with E-state index in [0.717, 1.165) is 35.3 Å². The summed E-state index contributed by atoms with van der Waals surface area (Å²) in [6, 6.07) is 15.5.